The van der Waals surface area contributed by atoms with Gasteiger partial charge in [0.2, 0.25) is 0 Å². The molecule has 2 rings (SSSR count). The first-order chi connectivity index (χ1) is 8.31. The summed E-state index contributed by atoms with van der Waals surface area (Å²) in [4.78, 5) is 0. The van der Waals surface area contributed by atoms with Crippen molar-refractivity contribution >= 4 is 0 Å². The van der Waals surface area contributed by atoms with Crippen LogP contribution in [-0.2, 0) is 6.42 Å². The molecular formula is C15H22FN. The zero-order chi connectivity index (χ0) is 12.1. The standard InChI is InChI=1S/C15H22FN/c1-2-17-15(13-10-11-13)9-5-7-12-6-3-4-8-14(12)16/h3-4,6,8,13,15,17H,2,5,7,9-11H2,1H3. The van der Waals surface area contributed by atoms with Gasteiger partial charge in [-0.05, 0) is 56.2 Å². The summed E-state index contributed by atoms with van der Waals surface area (Å²) in [5, 5.41) is 3.55. The minimum absolute atomic E-state index is 0.0566. The highest BCUT2D eigenvalue weighted by Crippen LogP contribution is 2.34. The molecule has 0 bridgehead atoms. The first-order valence-electron chi connectivity index (χ1n) is 6.78. The lowest BCUT2D eigenvalue weighted by Gasteiger charge is -2.16. The molecule has 1 N–H and O–H groups in total. The maximum Gasteiger partial charge on any atom is 0.126 e. The van der Waals surface area contributed by atoms with Crippen molar-refractivity contribution < 1.29 is 4.39 Å². The summed E-state index contributed by atoms with van der Waals surface area (Å²) in [7, 11) is 0. The van der Waals surface area contributed by atoms with E-state index in [1.807, 2.05) is 12.1 Å². The lowest BCUT2D eigenvalue weighted by molar-refractivity contribution is 0.433. The van der Waals surface area contributed by atoms with Gasteiger partial charge in [0.1, 0.15) is 5.82 Å². The van der Waals surface area contributed by atoms with E-state index in [2.05, 4.69) is 12.2 Å². The van der Waals surface area contributed by atoms with Gasteiger partial charge >= 0.3 is 0 Å². The number of aryl methyl sites for hydroxylation is 1. The Morgan fingerprint density at radius 3 is 2.76 bits per heavy atom. The normalized spacial score (nSPS) is 17.1. The number of hydrogen-bond donors (Lipinski definition) is 1. The zero-order valence-electron chi connectivity index (χ0n) is 10.6. The largest absolute Gasteiger partial charge is 0.314 e. The molecule has 1 saturated carbocycles. The Morgan fingerprint density at radius 2 is 2.12 bits per heavy atom. The molecule has 0 heterocycles. The van der Waals surface area contributed by atoms with Crippen LogP contribution in [0, 0.1) is 11.7 Å². The third kappa shape index (κ3) is 3.81. The molecule has 1 aliphatic carbocycles. The maximum atomic E-state index is 13.4. The smallest absolute Gasteiger partial charge is 0.126 e. The van der Waals surface area contributed by atoms with Crippen LogP contribution >= 0.6 is 0 Å². The number of hydrogen-bond acceptors (Lipinski definition) is 1. The van der Waals surface area contributed by atoms with Crippen LogP contribution in [0.25, 0.3) is 0 Å². The minimum atomic E-state index is -0.0566. The summed E-state index contributed by atoms with van der Waals surface area (Å²) < 4.78 is 13.4. The number of nitrogens with one attached hydrogen (secondary N) is 1. The predicted octanol–water partition coefficient (Wildman–Crippen LogP) is 3.54. The molecule has 0 aromatic heterocycles. The molecular weight excluding hydrogens is 213 g/mol. The molecule has 0 aliphatic heterocycles. The van der Waals surface area contributed by atoms with Crippen molar-refractivity contribution in [3.63, 3.8) is 0 Å². The second kappa shape index (κ2) is 6.15. The summed E-state index contributed by atoms with van der Waals surface area (Å²) in [6.45, 7) is 3.20. The van der Waals surface area contributed by atoms with Crippen molar-refractivity contribution in [1.29, 1.82) is 0 Å². The lowest BCUT2D eigenvalue weighted by atomic mass is 10.0. The SMILES string of the molecule is CCNC(CCCc1ccccc1F)C1CC1. The van der Waals surface area contributed by atoms with E-state index in [0.29, 0.717) is 6.04 Å². The van der Waals surface area contributed by atoms with Gasteiger partial charge in [-0.2, -0.15) is 0 Å². The topological polar surface area (TPSA) is 12.0 Å². The second-order valence-electron chi connectivity index (χ2n) is 4.99. The van der Waals surface area contributed by atoms with Crippen LogP contribution in [0.15, 0.2) is 24.3 Å². The Labute approximate surface area is 103 Å². The Balaban J connectivity index is 1.76. The number of rotatable bonds is 7. The molecule has 1 aliphatic rings. The van der Waals surface area contributed by atoms with Crippen molar-refractivity contribution in [1.82, 2.24) is 5.32 Å². The van der Waals surface area contributed by atoms with Crippen molar-refractivity contribution in [2.75, 3.05) is 6.54 Å². The van der Waals surface area contributed by atoms with Crippen molar-refractivity contribution in [2.24, 2.45) is 5.92 Å². The summed E-state index contributed by atoms with van der Waals surface area (Å²) in [5.41, 5.74) is 0.860. The summed E-state index contributed by atoms with van der Waals surface area (Å²) in [5.74, 6) is 0.828. The third-order valence-corrected chi connectivity index (χ3v) is 3.58. The first kappa shape index (κ1) is 12.6. The molecule has 1 aromatic carbocycles. The maximum absolute atomic E-state index is 13.4. The van der Waals surface area contributed by atoms with Gasteiger partial charge in [-0.3, -0.25) is 0 Å². The Morgan fingerprint density at radius 1 is 1.35 bits per heavy atom. The van der Waals surface area contributed by atoms with E-state index in [4.69, 9.17) is 0 Å². The van der Waals surface area contributed by atoms with E-state index in [-0.39, 0.29) is 5.82 Å². The fourth-order valence-corrected chi connectivity index (χ4v) is 2.48. The van der Waals surface area contributed by atoms with E-state index < -0.39 is 0 Å². The number of benzene rings is 1. The molecule has 1 fully saturated rings. The van der Waals surface area contributed by atoms with Crippen molar-refractivity contribution in [3.8, 4) is 0 Å². The van der Waals surface area contributed by atoms with Gasteiger partial charge in [0, 0.05) is 6.04 Å². The van der Waals surface area contributed by atoms with Gasteiger partial charge in [-0.25, -0.2) is 4.39 Å². The Kier molecular flexibility index (Phi) is 4.55. The predicted molar refractivity (Wildman–Crippen MR) is 69.5 cm³/mol. The number of halogens is 1. The van der Waals surface area contributed by atoms with Gasteiger partial charge in [0.25, 0.3) is 0 Å². The fourth-order valence-electron chi connectivity index (χ4n) is 2.48. The van der Waals surface area contributed by atoms with E-state index in [0.717, 1.165) is 30.9 Å². The molecule has 0 saturated heterocycles. The summed E-state index contributed by atoms with van der Waals surface area (Å²) in [6, 6.07) is 7.78. The molecule has 1 aromatic rings. The Bertz CT molecular complexity index is 347. The van der Waals surface area contributed by atoms with Crippen molar-refractivity contribution in [3.05, 3.63) is 35.6 Å². The van der Waals surface area contributed by atoms with Gasteiger partial charge < -0.3 is 5.32 Å². The first-order valence-corrected chi connectivity index (χ1v) is 6.78. The summed E-state index contributed by atoms with van der Waals surface area (Å²) in [6.07, 6.45) is 5.86. The molecule has 1 nitrogen and oxygen atoms in total. The minimum Gasteiger partial charge on any atom is -0.314 e. The van der Waals surface area contributed by atoms with E-state index >= 15 is 0 Å². The van der Waals surface area contributed by atoms with Crippen LogP contribution in [0.1, 0.15) is 38.2 Å². The van der Waals surface area contributed by atoms with Gasteiger partial charge in [-0.15, -0.1) is 0 Å². The average Bonchev–Trinajstić information content (AvgIpc) is 3.14. The quantitative estimate of drug-likeness (QED) is 0.762. The molecule has 2 heteroatoms. The molecule has 17 heavy (non-hydrogen) atoms. The fraction of sp³-hybridized carbons (Fsp3) is 0.600. The van der Waals surface area contributed by atoms with Crippen LogP contribution in [0.2, 0.25) is 0 Å². The van der Waals surface area contributed by atoms with Crippen LogP contribution in [-0.4, -0.2) is 12.6 Å². The van der Waals surface area contributed by atoms with Gasteiger partial charge in [0.05, 0.1) is 0 Å². The highest BCUT2D eigenvalue weighted by Gasteiger charge is 2.29. The molecule has 1 atom stereocenters. The zero-order valence-corrected chi connectivity index (χ0v) is 10.6. The van der Waals surface area contributed by atoms with E-state index in [1.165, 1.54) is 19.3 Å². The highest BCUT2D eigenvalue weighted by atomic mass is 19.1. The lowest BCUT2D eigenvalue weighted by Crippen LogP contribution is -2.30. The van der Waals surface area contributed by atoms with Gasteiger partial charge in [-0.1, -0.05) is 25.1 Å². The molecule has 1 unspecified atom stereocenters. The highest BCUT2D eigenvalue weighted by molar-refractivity contribution is 5.17. The van der Waals surface area contributed by atoms with E-state index in [1.54, 1.807) is 12.1 Å². The molecule has 0 radical (unpaired) electrons. The van der Waals surface area contributed by atoms with Crippen LogP contribution < -0.4 is 5.32 Å². The van der Waals surface area contributed by atoms with Crippen LogP contribution in [0.5, 0.6) is 0 Å². The van der Waals surface area contributed by atoms with E-state index in [9.17, 15) is 4.39 Å². The average molecular weight is 235 g/mol. The molecule has 94 valence electrons. The third-order valence-electron chi connectivity index (χ3n) is 3.58. The molecule has 0 spiro atoms. The Hall–Kier alpha value is -0.890. The van der Waals surface area contributed by atoms with Crippen LogP contribution in [0.3, 0.4) is 0 Å². The monoisotopic (exact) mass is 235 g/mol. The van der Waals surface area contributed by atoms with Gasteiger partial charge in [0.15, 0.2) is 0 Å². The molecule has 0 amide bonds. The van der Waals surface area contributed by atoms with Crippen LogP contribution in [0.4, 0.5) is 4.39 Å². The second-order valence-corrected chi connectivity index (χ2v) is 4.99. The summed E-state index contributed by atoms with van der Waals surface area (Å²) >= 11 is 0. The van der Waals surface area contributed by atoms with Crippen molar-refractivity contribution in [2.45, 2.75) is 45.1 Å².